The summed E-state index contributed by atoms with van der Waals surface area (Å²) in [6.45, 7) is 2.61. The van der Waals surface area contributed by atoms with E-state index in [9.17, 15) is 14.0 Å². The lowest BCUT2D eigenvalue weighted by Gasteiger charge is -2.12. The monoisotopic (exact) mass is 392 g/mol. The van der Waals surface area contributed by atoms with Crippen LogP contribution in [0, 0.1) is 5.82 Å². The summed E-state index contributed by atoms with van der Waals surface area (Å²) in [5.41, 5.74) is 2.05. The minimum absolute atomic E-state index is 0.261. The molecule has 3 aromatic carbocycles. The lowest BCUT2D eigenvalue weighted by Crippen LogP contribution is -2.23. The van der Waals surface area contributed by atoms with E-state index in [1.54, 1.807) is 48.5 Å². The molecular weight excluding hydrogens is 371 g/mol. The van der Waals surface area contributed by atoms with Crippen molar-refractivity contribution in [2.45, 2.75) is 13.5 Å². The summed E-state index contributed by atoms with van der Waals surface area (Å²) in [4.78, 5) is 25.0. The number of para-hydroxylation sites is 2. The maximum atomic E-state index is 13.0. The molecule has 0 aliphatic carbocycles. The van der Waals surface area contributed by atoms with Crippen molar-refractivity contribution in [3.63, 3.8) is 0 Å². The van der Waals surface area contributed by atoms with Crippen LogP contribution in [-0.4, -0.2) is 18.4 Å². The van der Waals surface area contributed by atoms with Crippen LogP contribution in [-0.2, 0) is 6.54 Å². The Labute approximate surface area is 168 Å². The maximum absolute atomic E-state index is 13.0. The molecule has 0 fully saturated rings. The number of ether oxygens (including phenoxy) is 1. The number of carbonyl (C=O) groups excluding carboxylic acids is 2. The molecule has 0 radical (unpaired) electrons. The SMILES string of the molecule is CCOc1ccccc1NC(=O)c1cccc(C(=O)NCc2ccc(F)cc2)c1. The van der Waals surface area contributed by atoms with Gasteiger partial charge in [0.2, 0.25) is 0 Å². The molecule has 0 bridgehead atoms. The second-order valence-electron chi connectivity index (χ2n) is 6.27. The number of carbonyl (C=O) groups is 2. The first-order valence-corrected chi connectivity index (χ1v) is 9.22. The van der Waals surface area contributed by atoms with Crippen LogP contribution in [0.3, 0.4) is 0 Å². The highest BCUT2D eigenvalue weighted by molar-refractivity contribution is 6.06. The summed E-state index contributed by atoms with van der Waals surface area (Å²) in [5.74, 6) is -0.412. The van der Waals surface area contributed by atoms with Crippen LogP contribution < -0.4 is 15.4 Å². The van der Waals surface area contributed by atoms with Crippen molar-refractivity contribution >= 4 is 17.5 Å². The van der Waals surface area contributed by atoms with Crippen LogP contribution in [0.5, 0.6) is 5.75 Å². The van der Waals surface area contributed by atoms with Gasteiger partial charge in [-0.2, -0.15) is 0 Å². The third-order valence-electron chi connectivity index (χ3n) is 4.19. The third kappa shape index (κ3) is 5.42. The second-order valence-corrected chi connectivity index (χ2v) is 6.27. The van der Waals surface area contributed by atoms with Crippen molar-refractivity contribution in [1.29, 1.82) is 0 Å². The van der Waals surface area contributed by atoms with Gasteiger partial charge in [-0.3, -0.25) is 9.59 Å². The molecule has 148 valence electrons. The van der Waals surface area contributed by atoms with E-state index in [0.717, 1.165) is 5.56 Å². The van der Waals surface area contributed by atoms with Gasteiger partial charge in [-0.15, -0.1) is 0 Å². The zero-order chi connectivity index (χ0) is 20.6. The van der Waals surface area contributed by atoms with E-state index in [-0.39, 0.29) is 24.2 Å². The molecule has 3 rings (SSSR count). The van der Waals surface area contributed by atoms with Gasteiger partial charge >= 0.3 is 0 Å². The van der Waals surface area contributed by atoms with Gasteiger partial charge in [0.1, 0.15) is 11.6 Å². The van der Waals surface area contributed by atoms with Gasteiger partial charge in [0.05, 0.1) is 12.3 Å². The van der Waals surface area contributed by atoms with Crippen molar-refractivity contribution in [1.82, 2.24) is 5.32 Å². The Bertz CT molecular complexity index is 1000. The molecular formula is C23H21FN2O3. The number of nitrogens with one attached hydrogen (secondary N) is 2. The number of hydrogen-bond acceptors (Lipinski definition) is 3. The molecule has 5 nitrogen and oxygen atoms in total. The number of hydrogen-bond donors (Lipinski definition) is 2. The van der Waals surface area contributed by atoms with Crippen LogP contribution in [0.15, 0.2) is 72.8 Å². The predicted molar refractivity (Wildman–Crippen MR) is 110 cm³/mol. The molecule has 0 saturated heterocycles. The Hall–Kier alpha value is -3.67. The zero-order valence-corrected chi connectivity index (χ0v) is 15.9. The van der Waals surface area contributed by atoms with Crippen LogP contribution in [0.2, 0.25) is 0 Å². The minimum atomic E-state index is -0.342. The summed E-state index contributed by atoms with van der Waals surface area (Å²) in [6.07, 6.45) is 0. The Balaban J connectivity index is 1.67. The molecule has 6 heteroatoms. The molecule has 0 spiro atoms. The van der Waals surface area contributed by atoms with E-state index >= 15 is 0 Å². The van der Waals surface area contributed by atoms with Gasteiger partial charge in [0.15, 0.2) is 0 Å². The Kier molecular flexibility index (Phi) is 6.58. The summed E-state index contributed by atoms with van der Waals surface area (Å²) in [7, 11) is 0. The number of benzene rings is 3. The van der Waals surface area contributed by atoms with Crippen LogP contribution in [0.4, 0.5) is 10.1 Å². The first-order valence-electron chi connectivity index (χ1n) is 9.22. The summed E-state index contributed by atoms with van der Waals surface area (Å²) in [6, 6.07) is 19.5. The van der Waals surface area contributed by atoms with Crippen molar-refractivity contribution in [3.05, 3.63) is 95.3 Å². The van der Waals surface area contributed by atoms with Crippen LogP contribution in [0.25, 0.3) is 0 Å². The fraction of sp³-hybridized carbons (Fsp3) is 0.130. The Morgan fingerprint density at radius 1 is 0.897 bits per heavy atom. The van der Waals surface area contributed by atoms with Crippen molar-refractivity contribution in [2.75, 3.05) is 11.9 Å². The normalized spacial score (nSPS) is 10.3. The molecule has 29 heavy (non-hydrogen) atoms. The number of halogens is 1. The van der Waals surface area contributed by atoms with Gasteiger partial charge < -0.3 is 15.4 Å². The molecule has 0 atom stereocenters. The van der Waals surface area contributed by atoms with E-state index < -0.39 is 0 Å². The maximum Gasteiger partial charge on any atom is 0.255 e. The average molecular weight is 392 g/mol. The molecule has 0 aliphatic rings. The molecule has 0 aliphatic heterocycles. The van der Waals surface area contributed by atoms with Gasteiger partial charge in [-0.25, -0.2) is 4.39 Å². The minimum Gasteiger partial charge on any atom is -0.492 e. The third-order valence-corrected chi connectivity index (χ3v) is 4.19. The van der Waals surface area contributed by atoms with Crippen LogP contribution in [0.1, 0.15) is 33.2 Å². The molecule has 2 N–H and O–H groups in total. The smallest absolute Gasteiger partial charge is 0.255 e. The quantitative estimate of drug-likeness (QED) is 0.626. The van der Waals surface area contributed by atoms with E-state index in [4.69, 9.17) is 4.74 Å². The number of rotatable bonds is 7. The number of amides is 2. The van der Waals surface area contributed by atoms with Gasteiger partial charge in [-0.1, -0.05) is 30.3 Å². The molecule has 0 unspecified atom stereocenters. The van der Waals surface area contributed by atoms with E-state index in [2.05, 4.69) is 10.6 Å². The van der Waals surface area contributed by atoms with E-state index in [1.165, 1.54) is 18.2 Å². The first kappa shape index (κ1) is 20.1. The largest absolute Gasteiger partial charge is 0.492 e. The molecule has 2 amide bonds. The van der Waals surface area contributed by atoms with Gasteiger partial charge in [0, 0.05) is 17.7 Å². The molecule has 0 heterocycles. The fourth-order valence-corrected chi connectivity index (χ4v) is 2.73. The zero-order valence-electron chi connectivity index (χ0n) is 15.9. The topological polar surface area (TPSA) is 67.4 Å². The highest BCUT2D eigenvalue weighted by atomic mass is 19.1. The molecule has 0 saturated carbocycles. The van der Waals surface area contributed by atoms with Gasteiger partial charge in [-0.05, 0) is 55.0 Å². The average Bonchev–Trinajstić information content (AvgIpc) is 2.75. The summed E-state index contributed by atoms with van der Waals surface area (Å²) < 4.78 is 18.5. The van der Waals surface area contributed by atoms with Crippen molar-refractivity contribution < 1.29 is 18.7 Å². The molecule has 0 aromatic heterocycles. The van der Waals surface area contributed by atoms with Crippen LogP contribution >= 0.6 is 0 Å². The highest BCUT2D eigenvalue weighted by Crippen LogP contribution is 2.24. The van der Waals surface area contributed by atoms with Crippen molar-refractivity contribution in [3.8, 4) is 5.75 Å². The first-order chi connectivity index (χ1) is 14.1. The Morgan fingerprint density at radius 2 is 1.59 bits per heavy atom. The highest BCUT2D eigenvalue weighted by Gasteiger charge is 2.12. The number of anilines is 1. The van der Waals surface area contributed by atoms with E-state index in [0.29, 0.717) is 29.2 Å². The summed E-state index contributed by atoms with van der Waals surface area (Å²) in [5, 5.41) is 5.57. The van der Waals surface area contributed by atoms with Gasteiger partial charge in [0.25, 0.3) is 11.8 Å². The predicted octanol–water partition coefficient (Wildman–Crippen LogP) is 4.41. The standard InChI is InChI=1S/C23H21FN2O3/c1-2-29-21-9-4-3-8-20(21)26-23(28)18-7-5-6-17(14-18)22(27)25-15-16-10-12-19(24)13-11-16/h3-14H,2,15H2,1H3,(H,25,27)(H,26,28). The molecule has 3 aromatic rings. The lowest BCUT2D eigenvalue weighted by atomic mass is 10.1. The second kappa shape index (κ2) is 9.50. The fourth-order valence-electron chi connectivity index (χ4n) is 2.73. The summed E-state index contributed by atoms with van der Waals surface area (Å²) >= 11 is 0. The van der Waals surface area contributed by atoms with Crippen molar-refractivity contribution in [2.24, 2.45) is 0 Å². The Morgan fingerprint density at radius 3 is 2.31 bits per heavy atom. The van der Waals surface area contributed by atoms with E-state index in [1.807, 2.05) is 13.0 Å². The lowest BCUT2D eigenvalue weighted by molar-refractivity contribution is 0.0951.